The van der Waals surface area contributed by atoms with Crippen molar-refractivity contribution >= 4 is 5.96 Å². The van der Waals surface area contributed by atoms with Crippen molar-refractivity contribution in [3.63, 3.8) is 0 Å². The summed E-state index contributed by atoms with van der Waals surface area (Å²) in [6.07, 6.45) is 5.43. The summed E-state index contributed by atoms with van der Waals surface area (Å²) in [5.41, 5.74) is 1.16. The molecule has 0 atom stereocenters. The van der Waals surface area contributed by atoms with Gasteiger partial charge in [0, 0.05) is 38.7 Å². The summed E-state index contributed by atoms with van der Waals surface area (Å²) in [4.78, 5) is 10.8. The fourth-order valence-corrected chi connectivity index (χ4v) is 2.00. The maximum Gasteiger partial charge on any atom is 0.194 e. The van der Waals surface area contributed by atoms with Gasteiger partial charge >= 0.3 is 0 Å². The van der Waals surface area contributed by atoms with Crippen LogP contribution in [-0.4, -0.2) is 45.8 Å². The van der Waals surface area contributed by atoms with E-state index in [-0.39, 0.29) is 0 Å². The van der Waals surface area contributed by atoms with Crippen LogP contribution in [0.2, 0.25) is 0 Å². The molecule has 0 unspecified atom stereocenters. The third kappa shape index (κ3) is 2.57. The minimum Gasteiger partial charge on any atom is -0.352 e. The van der Waals surface area contributed by atoms with E-state index < -0.39 is 0 Å². The summed E-state index contributed by atoms with van der Waals surface area (Å²) >= 11 is 0. The summed E-state index contributed by atoms with van der Waals surface area (Å²) in [5, 5.41) is 7.52. The van der Waals surface area contributed by atoms with Gasteiger partial charge in [-0.25, -0.2) is 9.67 Å². The van der Waals surface area contributed by atoms with Crippen molar-refractivity contribution in [1.29, 1.82) is 0 Å². The molecule has 0 saturated heterocycles. The quantitative estimate of drug-likeness (QED) is 0.876. The van der Waals surface area contributed by atoms with Crippen molar-refractivity contribution in [3.8, 4) is 5.82 Å². The second-order valence-electron chi connectivity index (χ2n) is 4.45. The molecule has 3 heterocycles. The lowest BCUT2D eigenvalue weighted by Crippen LogP contribution is -2.35. The third-order valence-electron chi connectivity index (χ3n) is 3.06. The van der Waals surface area contributed by atoms with Crippen LogP contribution in [0.15, 0.2) is 41.8 Å². The standard InChI is InChI=1S/C13H16N6/c1-18-8-6-15-13(18)16-10-11-3-5-14-12(9-11)19-7-2-4-17-19/h2-5,7,9H,6,8,10H2,1H3,(H,15,16). The van der Waals surface area contributed by atoms with Gasteiger partial charge in [0.05, 0.1) is 6.54 Å². The number of hydrogen-bond acceptors (Lipinski definition) is 5. The number of pyridine rings is 1. The van der Waals surface area contributed by atoms with E-state index in [2.05, 4.69) is 25.3 Å². The predicted molar refractivity (Wildman–Crippen MR) is 73.1 cm³/mol. The molecule has 1 aliphatic heterocycles. The predicted octanol–water partition coefficient (Wildman–Crippen LogP) is 0.658. The van der Waals surface area contributed by atoms with E-state index in [0.717, 1.165) is 37.0 Å². The minimum absolute atomic E-state index is 0.736. The average Bonchev–Trinajstić information content (AvgIpc) is 3.08. The van der Waals surface area contributed by atoms with Crippen LogP contribution in [0, 0.1) is 0 Å². The summed E-state index contributed by atoms with van der Waals surface area (Å²) in [7, 11) is 2.04. The lowest BCUT2D eigenvalue weighted by molar-refractivity contribution is 0.534. The Kier molecular flexibility index (Phi) is 3.14. The number of nitrogens with zero attached hydrogens (tertiary/aromatic N) is 5. The molecule has 0 radical (unpaired) electrons. The first-order valence-electron chi connectivity index (χ1n) is 6.27. The topological polar surface area (TPSA) is 58.3 Å². The second kappa shape index (κ2) is 5.09. The van der Waals surface area contributed by atoms with E-state index >= 15 is 0 Å². The molecular weight excluding hydrogens is 240 g/mol. The number of guanidine groups is 1. The maximum absolute atomic E-state index is 4.40. The van der Waals surface area contributed by atoms with Crippen LogP contribution in [0.4, 0.5) is 0 Å². The molecule has 1 aliphatic rings. The zero-order valence-electron chi connectivity index (χ0n) is 10.8. The summed E-state index contributed by atoms with van der Waals surface area (Å²) in [6.45, 7) is 2.59. The number of likely N-dealkylation sites (N-methyl/N-ethyl adjacent to an activating group) is 1. The maximum atomic E-state index is 4.40. The number of hydrogen-bond donors (Lipinski definition) is 1. The number of aliphatic imine (C=N–C) groups is 1. The molecule has 6 nitrogen and oxygen atoms in total. The molecule has 2 aromatic rings. The van der Waals surface area contributed by atoms with Gasteiger partial charge in [-0.3, -0.25) is 4.99 Å². The van der Waals surface area contributed by atoms with Crippen molar-refractivity contribution in [3.05, 3.63) is 42.4 Å². The second-order valence-corrected chi connectivity index (χ2v) is 4.45. The van der Waals surface area contributed by atoms with Crippen LogP contribution in [0.1, 0.15) is 5.56 Å². The Morgan fingerprint density at radius 3 is 3.05 bits per heavy atom. The molecule has 98 valence electrons. The van der Waals surface area contributed by atoms with Crippen LogP contribution in [0.5, 0.6) is 0 Å². The first-order chi connectivity index (χ1) is 9.33. The molecule has 0 spiro atoms. The summed E-state index contributed by atoms with van der Waals surface area (Å²) < 4.78 is 1.75. The molecule has 0 bridgehead atoms. The van der Waals surface area contributed by atoms with E-state index in [4.69, 9.17) is 0 Å². The summed E-state index contributed by atoms with van der Waals surface area (Å²) in [6, 6.07) is 5.90. The SMILES string of the molecule is CN1CCN=C1NCc1ccnc(-n2cccn2)c1. The van der Waals surface area contributed by atoms with Crippen LogP contribution in [0.3, 0.4) is 0 Å². The molecule has 19 heavy (non-hydrogen) atoms. The van der Waals surface area contributed by atoms with E-state index in [1.54, 1.807) is 17.1 Å². The van der Waals surface area contributed by atoms with E-state index in [9.17, 15) is 0 Å². The Morgan fingerprint density at radius 2 is 2.32 bits per heavy atom. The largest absolute Gasteiger partial charge is 0.352 e. The third-order valence-corrected chi connectivity index (χ3v) is 3.06. The van der Waals surface area contributed by atoms with Crippen LogP contribution >= 0.6 is 0 Å². The number of rotatable bonds is 3. The van der Waals surface area contributed by atoms with Crippen LogP contribution < -0.4 is 5.32 Å². The molecule has 6 heteroatoms. The molecule has 0 amide bonds. The molecule has 0 fully saturated rings. The Hall–Kier alpha value is -2.37. The van der Waals surface area contributed by atoms with Crippen molar-refractivity contribution in [2.24, 2.45) is 4.99 Å². The first-order valence-corrected chi connectivity index (χ1v) is 6.27. The van der Waals surface area contributed by atoms with Crippen molar-refractivity contribution in [2.45, 2.75) is 6.54 Å². The Morgan fingerprint density at radius 1 is 1.37 bits per heavy atom. The number of nitrogens with one attached hydrogen (secondary N) is 1. The van der Waals surface area contributed by atoms with Gasteiger partial charge in [-0.2, -0.15) is 5.10 Å². The highest BCUT2D eigenvalue weighted by atomic mass is 15.3. The van der Waals surface area contributed by atoms with Crippen LogP contribution in [0.25, 0.3) is 5.82 Å². The molecular formula is C13H16N6. The van der Waals surface area contributed by atoms with Crippen molar-refractivity contribution in [1.82, 2.24) is 25.0 Å². The van der Waals surface area contributed by atoms with Gasteiger partial charge in [-0.15, -0.1) is 0 Å². The Balaban J connectivity index is 1.70. The van der Waals surface area contributed by atoms with Gasteiger partial charge in [-0.1, -0.05) is 0 Å². The average molecular weight is 256 g/mol. The van der Waals surface area contributed by atoms with Gasteiger partial charge in [-0.05, 0) is 23.8 Å². The highest BCUT2D eigenvalue weighted by Gasteiger charge is 2.11. The normalized spacial score (nSPS) is 14.6. The van der Waals surface area contributed by atoms with E-state index in [1.165, 1.54) is 0 Å². The first kappa shape index (κ1) is 11.7. The molecule has 3 rings (SSSR count). The molecule has 2 aromatic heterocycles. The lowest BCUT2D eigenvalue weighted by Gasteiger charge is -2.15. The Bertz CT molecular complexity index is 575. The van der Waals surface area contributed by atoms with Crippen molar-refractivity contribution < 1.29 is 0 Å². The van der Waals surface area contributed by atoms with E-state index in [1.807, 2.05) is 31.4 Å². The van der Waals surface area contributed by atoms with Gasteiger partial charge < -0.3 is 10.2 Å². The Labute approximate surface area is 111 Å². The number of aromatic nitrogens is 3. The van der Waals surface area contributed by atoms with Gasteiger partial charge in [0.15, 0.2) is 11.8 Å². The fourth-order valence-electron chi connectivity index (χ4n) is 2.00. The molecule has 0 aromatic carbocycles. The monoisotopic (exact) mass is 256 g/mol. The molecule has 0 saturated carbocycles. The van der Waals surface area contributed by atoms with Gasteiger partial charge in [0.2, 0.25) is 0 Å². The molecule has 0 aliphatic carbocycles. The fraction of sp³-hybridized carbons (Fsp3) is 0.308. The van der Waals surface area contributed by atoms with Crippen LogP contribution in [-0.2, 0) is 6.54 Å². The minimum atomic E-state index is 0.736. The molecule has 1 N–H and O–H groups in total. The van der Waals surface area contributed by atoms with Gasteiger partial charge in [0.1, 0.15) is 0 Å². The smallest absolute Gasteiger partial charge is 0.194 e. The highest BCUT2D eigenvalue weighted by molar-refractivity contribution is 5.81. The van der Waals surface area contributed by atoms with E-state index in [0.29, 0.717) is 0 Å². The summed E-state index contributed by atoms with van der Waals surface area (Å²) in [5.74, 6) is 1.78. The lowest BCUT2D eigenvalue weighted by atomic mass is 10.2. The zero-order valence-corrected chi connectivity index (χ0v) is 10.8. The zero-order chi connectivity index (χ0) is 13.1. The highest BCUT2D eigenvalue weighted by Crippen LogP contribution is 2.06. The van der Waals surface area contributed by atoms with Crippen molar-refractivity contribution in [2.75, 3.05) is 20.1 Å². The van der Waals surface area contributed by atoms with Gasteiger partial charge in [0.25, 0.3) is 0 Å².